The molecule has 2 aromatic rings. The largest absolute Gasteiger partial charge is 0.354 e. The van der Waals surface area contributed by atoms with Crippen LogP contribution >= 0.6 is 15.9 Å². The van der Waals surface area contributed by atoms with Crippen LogP contribution in [-0.2, 0) is 16.6 Å². The molecule has 2 rings (SSSR count). The molecule has 2 unspecified atom stereocenters. The number of ether oxygens (including phenoxy) is 1. The molecule has 26 heavy (non-hydrogen) atoms. The number of amides is 1. The third-order valence-electron chi connectivity index (χ3n) is 3.92. The Morgan fingerprint density at radius 2 is 2.04 bits per heavy atom. The number of carbonyl (C=O) groups is 1. The van der Waals surface area contributed by atoms with Gasteiger partial charge in [0.05, 0.1) is 11.8 Å². The molecule has 6 nitrogen and oxygen atoms in total. The summed E-state index contributed by atoms with van der Waals surface area (Å²) in [7, 11) is 1.84. The number of nitriles is 1. The van der Waals surface area contributed by atoms with Crippen LogP contribution in [0.1, 0.15) is 37.6 Å². The maximum absolute atomic E-state index is 12.5. The monoisotopic (exact) mass is 418 g/mol. The summed E-state index contributed by atoms with van der Waals surface area (Å²) in [5.74, 6) is -0.00512. The fraction of sp³-hybridized carbons (Fsp3) is 0.421. The van der Waals surface area contributed by atoms with Crippen LogP contribution in [0.3, 0.4) is 0 Å². The van der Waals surface area contributed by atoms with Crippen molar-refractivity contribution >= 4 is 21.8 Å². The van der Waals surface area contributed by atoms with Gasteiger partial charge in [-0.15, -0.1) is 0 Å². The fourth-order valence-electron chi connectivity index (χ4n) is 2.66. The molecular weight excluding hydrogens is 396 g/mol. The number of nitrogens with zero attached hydrogens (tertiary/aromatic N) is 3. The first-order chi connectivity index (χ1) is 12.4. The second-order valence-corrected chi connectivity index (χ2v) is 7.36. The van der Waals surface area contributed by atoms with Gasteiger partial charge >= 0.3 is 0 Å². The summed E-state index contributed by atoms with van der Waals surface area (Å²) in [6, 6.07) is 11.6. The van der Waals surface area contributed by atoms with Gasteiger partial charge in [0, 0.05) is 17.7 Å². The van der Waals surface area contributed by atoms with Crippen molar-refractivity contribution in [2.75, 3.05) is 6.54 Å². The molecule has 0 aliphatic heterocycles. The normalized spacial score (nSPS) is 13.2. The van der Waals surface area contributed by atoms with E-state index in [2.05, 4.69) is 26.3 Å². The Labute approximate surface area is 162 Å². The summed E-state index contributed by atoms with van der Waals surface area (Å²) in [5, 5.41) is 15.6. The topological polar surface area (TPSA) is 79.9 Å². The first kappa shape index (κ1) is 20.1. The van der Waals surface area contributed by atoms with Gasteiger partial charge < -0.3 is 10.1 Å². The van der Waals surface area contributed by atoms with Gasteiger partial charge in [0.15, 0.2) is 0 Å². The van der Waals surface area contributed by atoms with Crippen molar-refractivity contribution in [3.63, 3.8) is 0 Å². The highest BCUT2D eigenvalue weighted by atomic mass is 79.9. The average Bonchev–Trinajstić information content (AvgIpc) is 3.02. The van der Waals surface area contributed by atoms with Gasteiger partial charge in [0.2, 0.25) is 5.91 Å². The molecule has 0 saturated heterocycles. The van der Waals surface area contributed by atoms with Gasteiger partial charge in [-0.1, -0.05) is 41.9 Å². The number of halogens is 1. The van der Waals surface area contributed by atoms with Crippen molar-refractivity contribution in [2.45, 2.75) is 32.5 Å². The average molecular weight is 419 g/mol. The minimum absolute atomic E-state index is 0.0363. The highest BCUT2D eigenvalue weighted by Crippen LogP contribution is 2.29. The number of rotatable bonds is 8. The Balaban J connectivity index is 2.33. The van der Waals surface area contributed by atoms with Gasteiger partial charge in [0.25, 0.3) is 0 Å². The molecule has 2 atom stereocenters. The maximum atomic E-state index is 12.5. The summed E-state index contributed by atoms with van der Waals surface area (Å²) < 4.78 is 8.98. The number of aromatic nitrogens is 2. The van der Waals surface area contributed by atoms with Crippen LogP contribution in [0.4, 0.5) is 0 Å². The second kappa shape index (κ2) is 9.51. The third kappa shape index (κ3) is 5.41. The van der Waals surface area contributed by atoms with Crippen LogP contribution < -0.4 is 5.32 Å². The summed E-state index contributed by atoms with van der Waals surface area (Å²) >= 11 is 3.44. The van der Waals surface area contributed by atoms with E-state index in [4.69, 9.17) is 10.00 Å². The Morgan fingerprint density at radius 3 is 2.58 bits per heavy atom. The Bertz CT molecular complexity index is 765. The van der Waals surface area contributed by atoms with Crippen LogP contribution in [0, 0.1) is 17.2 Å². The molecule has 1 aromatic carbocycles. The van der Waals surface area contributed by atoms with Crippen molar-refractivity contribution in [3.8, 4) is 6.07 Å². The van der Waals surface area contributed by atoms with E-state index in [1.165, 1.54) is 0 Å². The molecule has 0 spiro atoms. The first-order valence-electron chi connectivity index (χ1n) is 8.45. The Kier molecular flexibility index (Phi) is 7.37. The van der Waals surface area contributed by atoms with Gasteiger partial charge in [-0.2, -0.15) is 10.4 Å². The van der Waals surface area contributed by atoms with Gasteiger partial charge in [0.1, 0.15) is 18.8 Å². The Hall–Kier alpha value is -2.17. The quantitative estimate of drug-likeness (QED) is 0.666. The molecule has 1 amide bonds. The third-order valence-corrected chi connectivity index (χ3v) is 4.45. The number of benzene rings is 1. The molecule has 7 heteroatoms. The van der Waals surface area contributed by atoms with E-state index >= 15 is 0 Å². The van der Waals surface area contributed by atoms with Crippen molar-refractivity contribution < 1.29 is 9.53 Å². The number of carbonyl (C=O) groups excluding carboxylic acids is 1. The first-order valence-corrected chi connectivity index (χ1v) is 9.25. The predicted molar refractivity (Wildman–Crippen MR) is 102 cm³/mol. The number of hydrogen-bond donors (Lipinski definition) is 1. The number of hydrogen-bond acceptors (Lipinski definition) is 4. The molecule has 1 heterocycles. The Morgan fingerprint density at radius 1 is 1.35 bits per heavy atom. The summed E-state index contributed by atoms with van der Waals surface area (Å²) in [6.45, 7) is 4.03. The minimum Gasteiger partial charge on any atom is -0.354 e. The van der Waals surface area contributed by atoms with E-state index in [0.717, 1.165) is 15.7 Å². The van der Waals surface area contributed by atoms with Crippen LogP contribution in [0.2, 0.25) is 0 Å². The predicted octanol–water partition coefficient (Wildman–Crippen LogP) is 3.34. The SMILES string of the molecule is CC(C)CC(OC(c1ccc(Br)cc1)c1ccnn1C)C(=O)NCC#N. The molecule has 0 aliphatic rings. The smallest absolute Gasteiger partial charge is 0.250 e. The molecular formula is C19H23BrN4O2. The van der Waals surface area contributed by atoms with Crippen LogP contribution in [-0.4, -0.2) is 28.3 Å². The molecule has 0 bridgehead atoms. The molecule has 0 radical (unpaired) electrons. The summed E-state index contributed by atoms with van der Waals surface area (Å²) in [4.78, 5) is 12.5. The minimum atomic E-state index is -0.660. The lowest BCUT2D eigenvalue weighted by molar-refractivity contribution is -0.136. The summed E-state index contributed by atoms with van der Waals surface area (Å²) in [5.41, 5.74) is 1.79. The van der Waals surface area contributed by atoms with E-state index in [1.807, 2.05) is 57.3 Å². The van der Waals surface area contributed by atoms with Crippen LogP contribution in [0.25, 0.3) is 0 Å². The van der Waals surface area contributed by atoms with E-state index in [-0.39, 0.29) is 18.4 Å². The number of nitrogens with one attached hydrogen (secondary N) is 1. The van der Waals surface area contributed by atoms with Crippen molar-refractivity contribution in [1.82, 2.24) is 15.1 Å². The molecule has 0 fully saturated rings. The van der Waals surface area contributed by atoms with Crippen molar-refractivity contribution in [1.29, 1.82) is 5.26 Å². The molecule has 1 aromatic heterocycles. The van der Waals surface area contributed by atoms with E-state index in [1.54, 1.807) is 10.9 Å². The van der Waals surface area contributed by atoms with Crippen molar-refractivity contribution in [3.05, 3.63) is 52.3 Å². The highest BCUT2D eigenvalue weighted by Gasteiger charge is 2.28. The van der Waals surface area contributed by atoms with Gasteiger partial charge in [-0.3, -0.25) is 9.48 Å². The maximum Gasteiger partial charge on any atom is 0.250 e. The lowest BCUT2D eigenvalue weighted by atomic mass is 10.0. The highest BCUT2D eigenvalue weighted by molar-refractivity contribution is 9.10. The van der Waals surface area contributed by atoms with Gasteiger partial charge in [-0.25, -0.2) is 0 Å². The zero-order chi connectivity index (χ0) is 19.1. The van der Waals surface area contributed by atoms with Crippen LogP contribution in [0.15, 0.2) is 41.0 Å². The number of aryl methyl sites for hydroxylation is 1. The molecule has 0 aliphatic carbocycles. The second-order valence-electron chi connectivity index (χ2n) is 6.44. The standard InChI is InChI=1S/C19H23BrN4O2/c1-13(2)12-17(19(25)22-11-9-21)26-18(16-8-10-23-24(16)3)14-4-6-15(20)7-5-14/h4-8,10,13,17-18H,11-12H2,1-3H3,(H,22,25). The molecule has 138 valence electrons. The lowest BCUT2D eigenvalue weighted by Gasteiger charge is -2.26. The van der Waals surface area contributed by atoms with Crippen LogP contribution in [0.5, 0.6) is 0 Å². The molecule has 1 N–H and O–H groups in total. The zero-order valence-corrected chi connectivity index (χ0v) is 16.7. The van der Waals surface area contributed by atoms with E-state index in [9.17, 15) is 4.79 Å². The van der Waals surface area contributed by atoms with Crippen molar-refractivity contribution in [2.24, 2.45) is 13.0 Å². The van der Waals surface area contributed by atoms with E-state index < -0.39 is 12.2 Å². The zero-order valence-electron chi connectivity index (χ0n) is 15.1. The van der Waals surface area contributed by atoms with E-state index in [0.29, 0.717) is 6.42 Å². The molecule has 0 saturated carbocycles. The fourth-order valence-corrected chi connectivity index (χ4v) is 2.92. The lowest BCUT2D eigenvalue weighted by Crippen LogP contribution is -2.38. The van der Waals surface area contributed by atoms with Gasteiger partial charge in [-0.05, 0) is 36.1 Å². The summed E-state index contributed by atoms with van der Waals surface area (Å²) in [6.07, 6.45) is 1.17.